The average Bonchev–Trinajstić information content (AvgIpc) is 1.80. The number of aliphatic hydroxyl groups excluding tert-OH is 1. The van der Waals surface area contributed by atoms with Crippen LogP contribution >= 0.6 is 0 Å². The molecule has 0 radical (unpaired) electrons. The number of carbonyl (C=O) groups is 2. The van der Waals surface area contributed by atoms with E-state index in [4.69, 9.17) is 5.11 Å². The third-order valence-electron chi connectivity index (χ3n) is 0.878. The monoisotopic (exact) mass is 128 g/mol. The van der Waals surface area contributed by atoms with E-state index in [0.717, 1.165) is 6.08 Å². The number of rotatable bonds is 0. The molecule has 0 amide bonds. The van der Waals surface area contributed by atoms with Crippen LogP contribution in [-0.2, 0) is 14.3 Å². The van der Waals surface area contributed by atoms with Gasteiger partial charge in [-0.2, -0.15) is 0 Å². The molecule has 9 heavy (non-hydrogen) atoms. The third-order valence-corrected chi connectivity index (χ3v) is 0.878. The molecule has 1 heterocycles. The van der Waals surface area contributed by atoms with Crippen LogP contribution in [0.2, 0.25) is 0 Å². The lowest BCUT2D eigenvalue weighted by Crippen LogP contribution is -2.18. The van der Waals surface area contributed by atoms with E-state index in [-0.39, 0.29) is 6.42 Å². The largest absolute Gasteiger partial charge is 0.502 e. The van der Waals surface area contributed by atoms with Crippen molar-refractivity contribution >= 4 is 11.9 Å². The zero-order chi connectivity index (χ0) is 6.85. The molecular formula is C5H4O4. The first kappa shape index (κ1) is 5.81. The zero-order valence-corrected chi connectivity index (χ0v) is 4.46. The second-order valence-electron chi connectivity index (χ2n) is 1.56. The Hall–Kier alpha value is -1.32. The number of aliphatic hydroxyl groups is 1. The van der Waals surface area contributed by atoms with Gasteiger partial charge in [0.2, 0.25) is 0 Å². The van der Waals surface area contributed by atoms with Crippen molar-refractivity contribution < 1.29 is 19.4 Å². The number of hydrogen-bond donors (Lipinski definition) is 1. The first-order valence-electron chi connectivity index (χ1n) is 2.34. The first-order valence-corrected chi connectivity index (χ1v) is 2.34. The van der Waals surface area contributed by atoms with Gasteiger partial charge in [-0.25, -0.2) is 4.79 Å². The number of ether oxygens (including phenoxy) is 1. The summed E-state index contributed by atoms with van der Waals surface area (Å²) in [6.45, 7) is 0. The Balaban J connectivity index is 2.79. The van der Waals surface area contributed by atoms with Gasteiger partial charge in [0.15, 0.2) is 5.76 Å². The Bertz CT molecular complexity index is 191. The molecule has 1 aliphatic heterocycles. The number of carbonyl (C=O) groups excluding carboxylic acids is 2. The molecule has 0 aromatic rings. The Kier molecular flexibility index (Phi) is 1.22. The first-order chi connectivity index (χ1) is 4.20. The molecule has 4 heteroatoms. The van der Waals surface area contributed by atoms with E-state index in [1.807, 2.05) is 0 Å². The van der Waals surface area contributed by atoms with Gasteiger partial charge in [0.1, 0.15) is 0 Å². The van der Waals surface area contributed by atoms with E-state index in [9.17, 15) is 9.59 Å². The number of hydrogen-bond acceptors (Lipinski definition) is 4. The van der Waals surface area contributed by atoms with Crippen molar-refractivity contribution in [1.82, 2.24) is 0 Å². The van der Waals surface area contributed by atoms with Crippen LogP contribution in [0.4, 0.5) is 0 Å². The summed E-state index contributed by atoms with van der Waals surface area (Å²) >= 11 is 0. The normalized spacial score (nSPS) is 18.9. The zero-order valence-electron chi connectivity index (χ0n) is 4.46. The van der Waals surface area contributed by atoms with E-state index >= 15 is 0 Å². The molecule has 0 aromatic heterocycles. The molecule has 1 rings (SSSR count). The van der Waals surface area contributed by atoms with E-state index in [0.29, 0.717) is 0 Å². The minimum atomic E-state index is -0.966. The summed E-state index contributed by atoms with van der Waals surface area (Å²) in [6.07, 6.45) is 1.09. The van der Waals surface area contributed by atoms with Crippen molar-refractivity contribution in [3.63, 3.8) is 0 Å². The van der Waals surface area contributed by atoms with Gasteiger partial charge in [-0.05, 0) is 6.08 Å². The van der Waals surface area contributed by atoms with Crippen LogP contribution in [0.1, 0.15) is 6.42 Å². The summed E-state index contributed by atoms with van der Waals surface area (Å²) in [6, 6.07) is 0. The topological polar surface area (TPSA) is 63.6 Å². The summed E-state index contributed by atoms with van der Waals surface area (Å²) in [5.41, 5.74) is 0. The van der Waals surface area contributed by atoms with Gasteiger partial charge in [0.05, 0.1) is 6.42 Å². The molecule has 0 aromatic carbocycles. The highest BCUT2D eigenvalue weighted by atomic mass is 16.6. The van der Waals surface area contributed by atoms with Gasteiger partial charge in [-0.1, -0.05) is 0 Å². The van der Waals surface area contributed by atoms with Crippen molar-refractivity contribution in [2.45, 2.75) is 6.42 Å². The Morgan fingerprint density at radius 2 is 2.22 bits per heavy atom. The van der Waals surface area contributed by atoms with E-state index in [1.165, 1.54) is 0 Å². The minimum Gasteiger partial charge on any atom is -0.502 e. The molecule has 0 saturated heterocycles. The lowest BCUT2D eigenvalue weighted by atomic mass is 10.3. The second kappa shape index (κ2) is 1.89. The standard InChI is InChI=1S/C5H4O4/c6-3-1-2-4(7)9-5(3)8/h1,6H,2H2. The quantitative estimate of drug-likeness (QED) is 0.365. The SMILES string of the molecule is O=C1CC=C(O)C(=O)O1. The molecule has 48 valence electrons. The van der Waals surface area contributed by atoms with Crippen LogP contribution in [-0.4, -0.2) is 17.0 Å². The van der Waals surface area contributed by atoms with E-state index in [2.05, 4.69) is 4.74 Å². The van der Waals surface area contributed by atoms with E-state index in [1.54, 1.807) is 0 Å². The number of cyclic esters (lactones) is 2. The molecular weight excluding hydrogens is 124 g/mol. The van der Waals surface area contributed by atoms with Crippen LogP contribution < -0.4 is 0 Å². The predicted molar refractivity (Wildman–Crippen MR) is 26.4 cm³/mol. The Labute approximate surface area is 50.7 Å². The maximum atomic E-state index is 10.2. The van der Waals surface area contributed by atoms with Crippen LogP contribution in [0.3, 0.4) is 0 Å². The number of esters is 2. The molecule has 4 nitrogen and oxygen atoms in total. The molecule has 0 fully saturated rings. The van der Waals surface area contributed by atoms with Crippen molar-refractivity contribution in [3.05, 3.63) is 11.8 Å². The van der Waals surface area contributed by atoms with Crippen LogP contribution in [0.15, 0.2) is 11.8 Å². The summed E-state index contributed by atoms with van der Waals surface area (Å²) in [5.74, 6) is -2.08. The molecule has 0 aliphatic carbocycles. The molecule has 0 spiro atoms. The second-order valence-corrected chi connectivity index (χ2v) is 1.56. The molecule has 0 bridgehead atoms. The van der Waals surface area contributed by atoms with Crippen LogP contribution in [0.5, 0.6) is 0 Å². The van der Waals surface area contributed by atoms with Gasteiger partial charge >= 0.3 is 11.9 Å². The summed E-state index contributed by atoms with van der Waals surface area (Å²) in [7, 11) is 0. The fourth-order valence-electron chi connectivity index (χ4n) is 0.461. The van der Waals surface area contributed by atoms with Crippen molar-refractivity contribution in [2.75, 3.05) is 0 Å². The lowest BCUT2D eigenvalue weighted by Gasteiger charge is -2.04. The Morgan fingerprint density at radius 1 is 1.56 bits per heavy atom. The van der Waals surface area contributed by atoms with Gasteiger partial charge < -0.3 is 9.84 Å². The minimum absolute atomic E-state index is 0.0302. The van der Waals surface area contributed by atoms with Crippen molar-refractivity contribution in [1.29, 1.82) is 0 Å². The van der Waals surface area contributed by atoms with Crippen molar-refractivity contribution in [3.8, 4) is 0 Å². The third kappa shape index (κ3) is 1.07. The molecule has 1 aliphatic rings. The smallest absolute Gasteiger partial charge is 0.380 e. The molecule has 1 N–H and O–H groups in total. The average molecular weight is 128 g/mol. The molecule has 0 unspecified atom stereocenters. The fraction of sp³-hybridized carbons (Fsp3) is 0.200. The van der Waals surface area contributed by atoms with Crippen molar-refractivity contribution in [2.24, 2.45) is 0 Å². The summed E-state index contributed by atoms with van der Waals surface area (Å²) in [4.78, 5) is 20.5. The summed E-state index contributed by atoms with van der Waals surface area (Å²) < 4.78 is 4.00. The highest BCUT2D eigenvalue weighted by Gasteiger charge is 2.19. The van der Waals surface area contributed by atoms with Gasteiger partial charge in [-0.3, -0.25) is 4.79 Å². The maximum Gasteiger partial charge on any atom is 0.380 e. The van der Waals surface area contributed by atoms with Crippen LogP contribution in [0.25, 0.3) is 0 Å². The highest BCUT2D eigenvalue weighted by Crippen LogP contribution is 2.04. The highest BCUT2D eigenvalue weighted by molar-refractivity contribution is 5.97. The van der Waals surface area contributed by atoms with Gasteiger partial charge in [0, 0.05) is 0 Å². The lowest BCUT2D eigenvalue weighted by molar-refractivity contribution is -0.159. The van der Waals surface area contributed by atoms with Gasteiger partial charge in [-0.15, -0.1) is 0 Å². The predicted octanol–water partition coefficient (Wildman–Crippen LogP) is -0.0982. The molecule has 0 atom stereocenters. The fourth-order valence-corrected chi connectivity index (χ4v) is 0.461. The Morgan fingerprint density at radius 3 is 2.67 bits per heavy atom. The van der Waals surface area contributed by atoms with Gasteiger partial charge in [0.25, 0.3) is 0 Å². The molecule has 0 saturated carbocycles. The van der Waals surface area contributed by atoms with Crippen LogP contribution in [0, 0.1) is 0 Å². The van der Waals surface area contributed by atoms with E-state index < -0.39 is 17.7 Å². The maximum absolute atomic E-state index is 10.2. The summed E-state index contributed by atoms with van der Waals surface area (Å²) in [5, 5.41) is 8.53.